The Kier molecular flexibility index (Phi) is 11.4. The molecule has 0 aliphatic rings. The number of amides is 1. The lowest BCUT2D eigenvalue weighted by Crippen LogP contribution is -3.00. The summed E-state index contributed by atoms with van der Waals surface area (Å²) in [6.45, 7) is 4.24. The number of thioether (sulfide) groups is 1. The van der Waals surface area contributed by atoms with Crippen LogP contribution in [0.3, 0.4) is 0 Å². The van der Waals surface area contributed by atoms with Crippen molar-refractivity contribution >= 4 is 40.8 Å². The van der Waals surface area contributed by atoms with Crippen molar-refractivity contribution in [3.63, 3.8) is 0 Å². The molecule has 0 radical (unpaired) electrons. The van der Waals surface area contributed by atoms with E-state index >= 15 is 0 Å². The number of halogens is 1. The molecule has 0 bridgehead atoms. The molecule has 4 aromatic rings. The molecule has 1 N–H and O–H groups in total. The van der Waals surface area contributed by atoms with Crippen LogP contribution in [0.1, 0.15) is 35.7 Å². The van der Waals surface area contributed by atoms with Crippen LogP contribution >= 0.6 is 19.0 Å². The van der Waals surface area contributed by atoms with Gasteiger partial charge in [-0.1, -0.05) is 85.6 Å². The molecule has 0 saturated carbocycles. The van der Waals surface area contributed by atoms with Gasteiger partial charge in [0.15, 0.2) is 12.7 Å². The first-order valence-corrected chi connectivity index (χ1v) is 15.3. The second-order valence-corrected chi connectivity index (χ2v) is 13.1. The van der Waals surface area contributed by atoms with Crippen molar-refractivity contribution in [1.82, 2.24) is 5.32 Å². The van der Waals surface area contributed by atoms with E-state index in [1.165, 1.54) is 15.9 Å². The zero-order valence-corrected chi connectivity index (χ0v) is 25.2. The highest BCUT2D eigenvalue weighted by Crippen LogP contribution is 2.61. The normalized spacial score (nSPS) is 11.5. The zero-order chi connectivity index (χ0) is 25.2. The lowest BCUT2D eigenvalue weighted by molar-refractivity contribution is -0.0000154. The van der Waals surface area contributed by atoms with Gasteiger partial charge in [0.1, 0.15) is 15.9 Å². The van der Waals surface area contributed by atoms with E-state index < -0.39 is 7.26 Å². The average molecular weight is 638 g/mol. The van der Waals surface area contributed by atoms with Crippen molar-refractivity contribution in [1.29, 1.82) is 0 Å². The maximum atomic E-state index is 13.7. The first kappa shape index (κ1) is 29.2. The van der Waals surface area contributed by atoms with Crippen LogP contribution in [-0.2, 0) is 0 Å². The van der Waals surface area contributed by atoms with Crippen molar-refractivity contribution in [3.05, 3.63) is 137 Å². The zero-order valence-electron chi connectivity index (χ0n) is 21.3. The predicted octanol–water partition coefficient (Wildman–Crippen LogP) is 4.06. The smallest absolute Gasteiger partial charge is 0.258 e. The maximum absolute atomic E-state index is 13.7. The Hall–Kier alpha value is -2.40. The molecule has 4 aromatic carbocycles. The summed E-state index contributed by atoms with van der Waals surface area (Å²) in [4.78, 5) is 13.7. The summed E-state index contributed by atoms with van der Waals surface area (Å²) in [6, 6.07) is 39.8. The third-order valence-corrected chi connectivity index (χ3v) is 11.4. The number of nitrogens with one attached hydrogen (secondary N) is 1. The molecule has 0 saturated heterocycles. The van der Waals surface area contributed by atoms with E-state index in [-0.39, 0.29) is 29.9 Å². The number of carbonyl (C=O) groups is 1. The van der Waals surface area contributed by atoms with Crippen LogP contribution in [0.2, 0.25) is 0 Å². The molecule has 0 atom stereocenters. The van der Waals surface area contributed by atoms with Gasteiger partial charge in [0, 0.05) is 11.0 Å². The van der Waals surface area contributed by atoms with Gasteiger partial charge in [0.25, 0.3) is 5.91 Å². The third kappa shape index (κ3) is 6.93. The Morgan fingerprint density at radius 1 is 0.757 bits per heavy atom. The maximum Gasteiger partial charge on any atom is 0.258 e. The molecule has 4 rings (SSSR count). The van der Waals surface area contributed by atoms with Crippen LogP contribution in [0.5, 0.6) is 0 Å². The van der Waals surface area contributed by atoms with E-state index in [9.17, 15) is 4.79 Å². The minimum absolute atomic E-state index is 0. The molecule has 190 valence electrons. The monoisotopic (exact) mass is 637 g/mol. The van der Waals surface area contributed by atoms with Crippen molar-refractivity contribution < 1.29 is 28.8 Å². The largest absolute Gasteiger partial charge is 1.00 e. The second kappa shape index (κ2) is 14.5. The molecule has 0 unspecified atom stereocenters. The highest BCUT2D eigenvalue weighted by atomic mass is 127. The number of aryl methyl sites for hydroxylation is 1. The molecule has 0 aromatic heterocycles. The summed E-state index contributed by atoms with van der Waals surface area (Å²) in [5, 5.41) is 9.28. The van der Waals surface area contributed by atoms with Gasteiger partial charge in [0.05, 0.1) is 0 Å². The fourth-order valence-corrected chi connectivity index (χ4v) is 9.77. The second-order valence-electron chi connectivity index (χ2n) is 8.73. The lowest BCUT2D eigenvalue weighted by Gasteiger charge is -2.29. The molecular formula is C32H33INOPS. The van der Waals surface area contributed by atoms with Crippen LogP contribution in [0, 0.1) is 6.92 Å². The Bertz CT molecular complexity index is 1180. The topological polar surface area (TPSA) is 29.1 Å². The van der Waals surface area contributed by atoms with E-state index in [0.717, 1.165) is 29.6 Å². The van der Waals surface area contributed by atoms with Gasteiger partial charge in [-0.25, -0.2) is 0 Å². The Balaban J connectivity index is 0.00000380. The molecular weight excluding hydrogens is 604 g/mol. The number of rotatable bonds is 10. The van der Waals surface area contributed by atoms with Gasteiger partial charge in [0.2, 0.25) is 0 Å². The third-order valence-electron chi connectivity index (χ3n) is 6.16. The minimum atomic E-state index is -2.39. The molecule has 2 nitrogen and oxygen atoms in total. The number of carbonyl (C=O) groups excluding carboxylic acids is 1. The highest BCUT2D eigenvalue weighted by Gasteiger charge is 2.50. The van der Waals surface area contributed by atoms with Gasteiger partial charge >= 0.3 is 0 Å². The van der Waals surface area contributed by atoms with Crippen LogP contribution < -0.4 is 45.2 Å². The van der Waals surface area contributed by atoms with Crippen molar-refractivity contribution in [3.8, 4) is 0 Å². The molecule has 0 fully saturated rings. The predicted molar refractivity (Wildman–Crippen MR) is 159 cm³/mol. The molecule has 5 heteroatoms. The van der Waals surface area contributed by atoms with Gasteiger partial charge in [-0.2, -0.15) is 0 Å². The van der Waals surface area contributed by atoms with Crippen LogP contribution in [-0.4, -0.2) is 11.7 Å². The van der Waals surface area contributed by atoms with Gasteiger partial charge in [-0.3, -0.25) is 10.1 Å². The summed E-state index contributed by atoms with van der Waals surface area (Å²) < 4.78 is 0. The summed E-state index contributed by atoms with van der Waals surface area (Å²) >= 11 is 1.79. The summed E-state index contributed by atoms with van der Waals surface area (Å²) in [6.07, 6.45) is 2.27. The van der Waals surface area contributed by atoms with Crippen molar-refractivity contribution in [2.75, 3.05) is 5.75 Å². The summed E-state index contributed by atoms with van der Waals surface area (Å²) in [5.41, 5.74) is 2.77. The van der Waals surface area contributed by atoms with Crippen molar-refractivity contribution in [2.24, 2.45) is 0 Å². The Morgan fingerprint density at radius 2 is 1.22 bits per heavy atom. The minimum Gasteiger partial charge on any atom is -1.00 e. The fourth-order valence-electron chi connectivity index (χ4n) is 4.27. The quantitative estimate of drug-likeness (QED) is 0.162. The molecule has 1 amide bonds. The standard InChI is InChI=1S/C32H32NOPS.HI/c1-3-4-24-36-25-31(33-32(34)27-22-20-26(2)21-23-27)35(28-14-8-5-9-15-28,29-16-10-6-11-17-29)30-18-12-7-13-19-30;/h5-23,25H,3-4,24H2,1-2H3;1H. The van der Waals surface area contributed by atoms with E-state index in [4.69, 9.17) is 0 Å². The summed E-state index contributed by atoms with van der Waals surface area (Å²) in [5.74, 6) is 0.934. The first-order valence-electron chi connectivity index (χ1n) is 12.4. The number of benzene rings is 4. The molecule has 0 heterocycles. The van der Waals surface area contributed by atoms with Gasteiger partial charge in [-0.15, -0.1) is 11.8 Å². The number of unbranched alkanes of at least 4 members (excludes halogenated alkanes) is 1. The highest BCUT2D eigenvalue weighted by molar-refractivity contribution is 8.04. The van der Waals surface area contributed by atoms with Crippen LogP contribution in [0.25, 0.3) is 0 Å². The SMILES string of the molecule is CCCCSC=C(NC(=O)c1ccc(C)cc1)[P+](c1ccccc1)(c1ccccc1)c1ccccc1.[I-]. The van der Waals surface area contributed by atoms with E-state index in [0.29, 0.717) is 5.56 Å². The lowest BCUT2D eigenvalue weighted by atomic mass is 10.1. The van der Waals surface area contributed by atoms with Crippen LogP contribution in [0.15, 0.2) is 126 Å². The summed E-state index contributed by atoms with van der Waals surface area (Å²) in [7, 11) is -2.39. The molecule has 0 aliphatic carbocycles. The van der Waals surface area contributed by atoms with Gasteiger partial charge in [-0.05, 0) is 67.6 Å². The number of hydrogen-bond donors (Lipinski definition) is 1. The molecule has 0 spiro atoms. The van der Waals surface area contributed by atoms with E-state index in [1.54, 1.807) is 11.8 Å². The van der Waals surface area contributed by atoms with E-state index in [1.807, 2.05) is 31.2 Å². The average Bonchev–Trinajstić information content (AvgIpc) is 2.93. The Labute approximate surface area is 243 Å². The van der Waals surface area contributed by atoms with Crippen molar-refractivity contribution in [2.45, 2.75) is 26.7 Å². The molecule has 37 heavy (non-hydrogen) atoms. The number of hydrogen-bond acceptors (Lipinski definition) is 2. The van der Waals surface area contributed by atoms with E-state index in [2.05, 4.69) is 109 Å². The fraction of sp³-hybridized carbons (Fsp3) is 0.156. The van der Waals surface area contributed by atoms with Gasteiger partial charge < -0.3 is 24.0 Å². The molecule has 0 aliphatic heterocycles. The first-order chi connectivity index (χ1) is 17.7. The van der Waals surface area contributed by atoms with Crippen LogP contribution in [0.4, 0.5) is 0 Å². The Morgan fingerprint density at radius 3 is 1.65 bits per heavy atom.